The molecule has 3 aromatic carbocycles. The molecule has 0 saturated heterocycles. The zero-order valence-corrected chi connectivity index (χ0v) is 15.0. The third-order valence-electron chi connectivity index (χ3n) is 4.85. The number of para-hydroxylation sites is 3. The van der Waals surface area contributed by atoms with Crippen molar-refractivity contribution >= 4 is 11.7 Å². The summed E-state index contributed by atoms with van der Waals surface area (Å²) < 4.78 is 6.14. The second-order valence-corrected chi connectivity index (χ2v) is 6.70. The van der Waals surface area contributed by atoms with Crippen LogP contribution in [0.25, 0.3) is 0 Å². The molecule has 1 aliphatic rings. The standard InChI is InChI=1S/C23H21NO3/c25-23(26)18-13-11-17(12-14-18)6-5-15-24-16-19-7-1-3-9-21(19)27-22-10-4-2-8-20(22)24/h1-4,7-14H,5-6,15-16H2,(H,25,26). The fourth-order valence-corrected chi connectivity index (χ4v) is 3.44. The number of hydrogen-bond donors (Lipinski definition) is 1. The molecule has 1 N–H and O–H groups in total. The smallest absolute Gasteiger partial charge is 0.335 e. The Hall–Kier alpha value is -3.27. The van der Waals surface area contributed by atoms with Crippen molar-refractivity contribution in [2.75, 3.05) is 11.4 Å². The molecular formula is C23H21NO3. The molecule has 27 heavy (non-hydrogen) atoms. The average Bonchev–Trinajstić information content (AvgIpc) is 2.85. The van der Waals surface area contributed by atoms with E-state index in [-0.39, 0.29) is 0 Å². The van der Waals surface area contributed by atoms with Crippen molar-refractivity contribution in [3.63, 3.8) is 0 Å². The minimum Gasteiger partial charge on any atom is -0.478 e. The van der Waals surface area contributed by atoms with Crippen molar-refractivity contribution in [3.8, 4) is 11.5 Å². The van der Waals surface area contributed by atoms with Gasteiger partial charge in [0.1, 0.15) is 5.75 Å². The van der Waals surface area contributed by atoms with Crippen molar-refractivity contribution in [1.29, 1.82) is 0 Å². The highest BCUT2D eigenvalue weighted by atomic mass is 16.5. The van der Waals surface area contributed by atoms with Gasteiger partial charge in [-0.15, -0.1) is 0 Å². The molecule has 4 rings (SSSR count). The number of rotatable bonds is 5. The maximum absolute atomic E-state index is 11.0. The number of benzene rings is 3. The first-order chi connectivity index (χ1) is 13.2. The maximum Gasteiger partial charge on any atom is 0.335 e. The summed E-state index contributed by atoms with van der Waals surface area (Å²) in [4.78, 5) is 13.3. The van der Waals surface area contributed by atoms with Crippen LogP contribution < -0.4 is 9.64 Å². The predicted octanol–water partition coefficient (Wildman–Crippen LogP) is 5.13. The predicted molar refractivity (Wildman–Crippen MR) is 106 cm³/mol. The number of aromatic carboxylic acids is 1. The molecule has 0 radical (unpaired) electrons. The van der Waals surface area contributed by atoms with Crippen molar-refractivity contribution in [2.24, 2.45) is 0 Å². The molecule has 0 atom stereocenters. The van der Waals surface area contributed by atoms with Crippen LogP contribution in [0.3, 0.4) is 0 Å². The summed E-state index contributed by atoms with van der Waals surface area (Å²) in [5.41, 5.74) is 3.77. The molecule has 3 aromatic rings. The Morgan fingerprint density at radius 2 is 1.63 bits per heavy atom. The van der Waals surface area contributed by atoms with Gasteiger partial charge in [0.15, 0.2) is 5.75 Å². The number of carboxylic acid groups (broad SMARTS) is 1. The lowest BCUT2D eigenvalue weighted by atomic mass is 10.1. The van der Waals surface area contributed by atoms with Crippen LogP contribution in [0.2, 0.25) is 0 Å². The molecule has 4 heteroatoms. The summed E-state index contributed by atoms with van der Waals surface area (Å²) in [6.45, 7) is 1.71. The molecule has 0 aliphatic carbocycles. The van der Waals surface area contributed by atoms with Crippen LogP contribution in [0, 0.1) is 0 Å². The second kappa shape index (κ2) is 7.54. The minimum atomic E-state index is -0.888. The Kier molecular flexibility index (Phi) is 4.79. The highest BCUT2D eigenvalue weighted by Crippen LogP contribution is 2.38. The third kappa shape index (κ3) is 3.80. The van der Waals surface area contributed by atoms with Crippen LogP contribution >= 0.6 is 0 Å². The molecule has 0 bridgehead atoms. The first-order valence-electron chi connectivity index (χ1n) is 9.13. The lowest BCUT2D eigenvalue weighted by molar-refractivity contribution is 0.0697. The lowest BCUT2D eigenvalue weighted by Gasteiger charge is -2.24. The number of carbonyl (C=O) groups is 1. The minimum absolute atomic E-state index is 0.328. The van der Waals surface area contributed by atoms with E-state index in [1.54, 1.807) is 12.1 Å². The van der Waals surface area contributed by atoms with Crippen molar-refractivity contribution in [1.82, 2.24) is 0 Å². The van der Waals surface area contributed by atoms with Gasteiger partial charge in [0.25, 0.3) is 0 Å². The van der Waals surface area contributed by atoms with Gasteiger partial charge in [-0.05, 0) is 48.7 Å². The second-order valence-electron chi connectivity index (χ2n) is 6.70. The highest BCUT2D eigenvalue weighted by molar-refractivity contribution is 5.87. The van der Waals surface area contributed by atoms with Gasteiger partial charge in [-0.25, -0.2) is 4.79 Å². The van der Waals surface area contributed by atoms with E-state index in [9.17, 15) is 4.79 Å². The normalized spacial score (nSPS) is 12.5. The van der Waals surface area contributed by atoms with Crippen molar-refractivity contribution < 1.29 is 14.6 Å². The van der Waals surface area contributed by atoms with E-state index in [0.717, 1.165) is 48.7 Å². The van der Waals surface area contributed by atoms with Crippen molar-refractivity contribution in [2.45, 2.75) is 19.4 Å². The van der Waals surface area contributed by atoms with Gasteiger partial charge in [-0.2, -0.15) is 0 Å². The molecular weight excluding hydrogens is 338 g/mol. The van der Waals surface area contributed by atoms with Gasteiger partial charge in [0.2, 0.25) is 0 Å². The molecule has 0 spiro atoms. The summed E-state index contributed by atoms with van der Waals surface area (Å²) in [6.07, 6.45) is 1.88. The summed E-state index contributed by atoms with van der Waals surface area (Å²) in [7, 11) is 0. The first kappa shape index (κ1) is 17.2. The Morgan fingerprint density at radius 1 is 0.926 bits per heavy atom. The number of fused-ring (bicyclic) bond motifs is 2. The van der Waals surface area contributed by atoms with Crippen LogP contribution in [0.4, 0.5) is 5.69 Å². The van der Waals surface area contributed by atoms with E-state index in [1.165, 1.54) is 5.56 Å². The van der Waals surface area contributed by atoms with Gasteiger partial charge in [0.05, 0.1) is 11.3 Å². The van der Waals surface area contributed by atoms with Gasteiger partial charge in [-0.1, -0.05) is 42.5 Å². The van der Waals surface area contributed by atoms with E-state index in [4.69, 9.17) is 9.84 Å². The molecule has 1 aliphatic heterocycles. The van der Waals surface area contributed by atoms with E-state index >= 15 is 0 Å². The Balaban J connectivity index is 1.48. The van der Waals surface area contributed by atoms with Crippen LogP contribution in [0.5, 0.6) is 11.5 Å². The summed E-state index contributed by atoms with van der Waals surface area (Å²) in [5, 5.41) is 9.00. The summed E-state index contributed by atoms with van der Waals surface area (Å²) in [6, 6.07) is 23.4. The molecule has 136 valence electrons. The fraction of sp³-hybridized carbons (Fsp3) is 0.174. The van der Waals surface area contributed by atoms with Crippen molar-refractivity contribution in [3.05, 3.63) is 89.5 Å². The van der Waals surface area contributed by atoms with Crippen LogP contribution in [-0.4, -0.2) is 17.6 Å². The largest absolute Gasteiger partial charge is 0.478 e. The summed E-state index contributed by atoms with van der Waals surface area (Å²) >= 11 is 0. The van der Waals surface area contributed by atoms with E-state index < -0.39 is 5.97 Å². The van der Waals surface area contributed by atoms with Gasteiger partial charge in [-0.3, -0.25) is 0 Å². The number of nitrogens with zero attached hydrogens (tertiary/aromatic N) is 1. The quantitative estimate of drug-likeness (QED) is 0.686. The molecule has 0 aromatic heterocycles. The van der Waals surface area contributed by atoms with Gasteiger partial charge in [0, 0.05) is 18.7 Å². The number of carboxylic acids is 1. The summed E-state index contributed by atoms with van der Waals surface area (Å²) in [5.74, 6) is 0.909. The number of hydrogen-bond acceptors (Lipinski definition) is 3. The number of aryl methyl sites for hydroxylation is 1. The van der Waals surface area contributed by atoms with E-state index in [2.05, 4.69) is 17.0 Å². The topological polar surface area (TPSA) is 49.8 Å². The Bertz CT molecular complexity index is 950. The molecule has 0 amide bonds. The van der Waals surface area contributed by atoms with E-state index in [0.29, 0.717) is 5.56 Å². The van der Waals surface area contributed by atoms with Crippen LogP contribution in [-0.2, 0) is 13.0 Å². The van der Waals surface area contributed by atoms with Crippen LogP contribution in [0.1, 0.15) is 27.9 Å². The maximum atomic E-state index is 11.0. The van der Waals surface area contributed by atoms with Gasteiger partial charge < -0.3 is 14.7 Å². The molecule has 0 unspecified atom stereocenters. The van der Waals surface area contributed by atoms with E-state index in [1.807, 2.05) is 48.5 Å². The molecule has 0 saturated carbocycles. The van der Waals surface area contributed by atoms with Gasteiger partial charge >= 0.3 is 5.97 Å². The zero-order chi connectivity index (χ0) is 18.6. The first-order valence-corrected chi connectivity index (χ1v) is 9.13. The Morgan fingerprint density at radius 3 is 2.41 bits per heavy atom. The Labute approximate surface area is 158 Å². The lowest BCUT2D eigenvalue weighted by Crippen LogP contribution is -2.23. The molecule has 1 heterocycles. The molecule has 0 fully saturated rings. The highest BCUT2D eigenvalue weighted by Gasteiger charge is 2.19. The molecule has 4 nitrogen and oxygen atoms in total. The number of ether oxygens (including phenoxy) is 1. The van der Waals surface area contributed by atoms with Crippen LogP contribution in [0.15, 0.2) is 72.8 Å². The number of anilines is 1. The SMILES string of the molecule is O=C(O)c1ccc(CCCN2Cc3ccccc3Oc3ccccc32)cc1. The average molecular weight is 359 g/mol. The fourth-order valence-electron chi connectivity index (χ4n) is 3.44. The zero-order valence-electron chi connectivity index (χ0n) is 15.0. The third-order valence-corrected chi connectivity index (χ3v) is 4.85. The monoisotopic (exact) mass is 359 g/mol.